The fraction of sp³-hybridized carbons (Fsp3) is 0.500. The van der Waals surface area contributed by atoms with Crippen LogP contribution >= 0.6 is 22.6 Å². The van der Waals surface area contributed by atoms with Gasteiger partial charge in [0.2, 0.25) is 0 Å². The second kappa shape index (κ2) is 6.70. The molecule has 0 fully saturated rings. The first-order valence-electron chi connectivity index (χ1n) is 6.79. The van der Waals surface area contributed by atoms with Crippen LogP contribution in [0.25, 0.3) is 0 Å². The summed E-state index contributed by atoms with van der Waals surface area (Å²) < 4.78 is 0.616. The number of carbonyl (C=O) groups excluding carboxylic acids is 1. The average Bonchev–Trinajstić information content (AvgIpc) is 2.33. The lowest BCUT2D eigenvalue weighted by atomic mass is 9.78. The van der Waals surface area contributed by atoms with E-state index in [0.29, 0.717) is 9.13 Å². The van der Waals surface area contributed by atoms with E-state index in [9.17, 15) is 14.7 Å². The Hall–Kier alpha value is -0.910. The molecule has 0 bridgehead atoms. The molecular formula is C16H21IO3. The number of carboxylic acids is 1. The minimum Gasteiger partial charge on any atom is -0.478 e. The Kier molecular flexibility index (Phi) is 5.74. The highest BCUT2D eigenvalue weighted by Gasteiger charge is 2.31. The van der Waals surface area contributed by atoms with Gasteiger partial charge in [0, 0.05) is 14.5 Å². The highest BCUT2D eigenvalue weighted by atomic mass is 127. The van der Waals surface area contributed by atoms with Crippen molar-refractivity contribution in [3.63, 3.8) is 0 Å². The topological polar surface area (TPSA) is 54.4 Å². The zero-order valence-corrected chi connectivity index (χ0v) is 14.6. The van der Waals surface area contributed by atoms with Crippen LogP contribution in [-0.4, -0.2) is 16.9 Å². The summed E-state index contributed by atoms with van der Waals surface area (Å²) in [6, 6.07) is 3.49. The molecule has 0 saturated carbocycles. The van der Waals surface area contributed by atoms with Crippen LogP contribution in [0.2, 0.25) is 0 Å². The van der Waals surface area contributed by atoms with E-state index in [-0.39, 0.29) is 11.3 Å². The van der Waals surface area contributed by atoms with Crippen LogP contribution < -0.4 is 0 Å². The minimum absolute atomic E-state index is 0.0787. The SMILES string of the molecule is CCCCC(C)(C)C(=O)c1cc(C)cc(I)c1C(=O)O. The molecule has 0 aliphatic carbocycles. The standard InChI is InChI=1S/C16H21IO3/c1-5-6-7-16(3,4)14(18)11-8-10(2)9-12(17)13(11)15(19)20/h8-9H,5-7H2,1-4H3,(H,19,20). The normalized spacial score (nSPS) is 11.4. The third-order valence-electron chi connectivity index (χ3n) is 3.46. The third-order valence-corrected chi connectivity index (χ3v) is 4.31. The summed E-state index contributed by atoms with van der Waals surface area (Å²) in [4.78, 5) is 24.2. The van der Waals surface area contributed by atoms with Crippen LogP contribution in [0, 0.1) is 15.9 Å². The number of unbranched alkanes of at least 4 members (excludes halogenated alkanes) is 1. The predicted octanol–water partition coefficient (Wildman–Crippen LogP) is 4.70. The molecule has 0 radical (unpaired) electrons. The van der Waals surface area contributed by atoms with Gasteiger partial charge >= 0.3 is 5.97 Å². The van der Waals surface area contributed by atoms with Gasteiger partial charge < -0.3 is 5.11 Å². The number of ketones is 1. The number of halogens is 1. The molecule has 1 rings (SSSR count). The summed E-state index contributed by atoms with van der Waals surface area (Å²) in [6.07, 6.45) is 2.75. The number of carboxylic acid groups (broad SMARTS) is 1. The molecule has 0 aliphatic rings. The smallest absolute Gasteiger partial charge is 0.337 e. The van der Waals surface area contributed by atoms with E-state index >= 15 is 0 Å². The third kappa shape index (κ3) is 3.81. The highest BCUT2D eigenvalue weighted by Crippen LogP contribution is 2.31. The minimum atomic E-state index is -1.04. The lowest BCUT2D eigenvalue weighted by Crippen LogP contribution is -2.26. The number of aromatic carboxylic acids is 1. The van der Waals surface area contributed by atoms with Gasteiger partial charge in [-0.1, -0.05) is 33.6 Å². The number of hydrogen-bond donors (Lipinski definition) is 1. The molecule has 0 heterocycles. The predicted molar refractivity (Wildman–Crippen MR) is 88.5 cm³/mol. The van der Waals surface area contributed by atoms with Crippen molar-refractivity contribution in [1.29, 1.82) is 0 Å². The Balaban J connectivity index is 3.31. The van der Waals surface area contributed by atoms with Crippen LogP contribution in [0.5, 0.6) is 0 Å². The second-order valence-electron chi connectivity index (χ2n) is 5.79. The van der Waals surface area contributed by atoms with E-state index in [4.69, 9.17) is 0 Å². The lowest BCUT2D eigenvalue weighted by Gasteiger charge is -2.24. The monoisotopic (exact) mass is 388 g/mol. The molecule has 1 N–H and O–H groups in total. The van der Waals surface area contributed by atoms with Crippen molar-refractivity contribution in [3.8, 4) is 0 Å². The van der Waals surface area contributed by atoms with Crippen LogP contribution in [0.4, 0.5) is 0 Å². The van der Waals surface area contributed by atoms with Gasteiger partial charge in [-0.25, -0.2) is 4.79 Å². The second-order valence-corrected chi connectivity index (χ2v) is 6.95. The molecule has 4 heteroatoms. The van der Waals surface area contributed by atoms with Crippen molar-refractivity contribution >= 4 is 34.3 Å². The largest absolute Gasteiger partial charge is 0.478 e. The van der Waals surface area contributed by atoms with E-state index < -0.39 is 11.4 Å². The van der Waals surface area contributed by atoms with Crippen molar-refractivity contribution in [2.24, 2.45) is 5.41 Å². The van der Waals surface area contributed by atoms with E-state index in [1.165, 1.54) is 0 Å². The van der Waals surface area contributed by atoms with Crippen molar-refractivity contribution in [1.82, 2.24) is 0 Å². The van der Waals surface area contributed by atoms with Crippen LogP contribution in [0.1, 0.15) is 66.3 Å². The molecule has 0 atom stereocenters. The molecule has 110 valence electrons. The van der Waals surface area contributed by atoms with E-state index in [2.05, 4.69) is 6.92 Å². The van der Waals surface area contributed by atoms with Crippen LogP contribution in [0.15, 0.2) is 12.1 Å². The number of aryl methyl sites for hydroxylation is 1. The summed E-state index contributed by atoms with van der Waals surface area (Å²) in [5.41, 5.74) is 0.847. The van der Waals surface area contributed by atoms with Crippen molar-refractivity contribution in [2.75, 3.05) is 0 Å². The number of hydrogen-bond acceptors (Lipinski definition) is 2. The van der Waals surface area contributed by atoms with Gasteiger partial charge in [0.25, 0.3) is 0 Å². The molecule has 1 aromatic rings. The van der Waals surface area contributed by atoms with Crippen molar-refractivity contribution in [2.45, 2.75) is 47.0 Å². The molecule has 0 spiro atoms. The van der Waals surface area contributed by atoms with Crippen LogP contribution in [-0.2, 0) is 0 Å². The van der Waals surface area contributed by atoms with E-state index in [1.54, 1.807) is 12.1 Å². The van der Waals surface area contributed by atoms with Gasteiger partial charge in [-0.2, -0.15) is 0 Å². The van der Waals surface area contributed by atoms with Gasteiger partial charge in [0.15, 0.2) is 5.78 Å². The molecule has 3 nitrogen and oxygen atoms in total. The Morgan fingerprint density at radius 2 is 1.90 bits per heavy atom. The summed E-state index contributed by atoms with van der Waals surface area (Å²) in [5.74, 6) is -1.12. The molecule has 1 aromatic carbocycles. The van der Waals surface area contributed by atoms with E-state index in [0.717, 1.165) is 24.8 Å². The fourth-order valence-electron chi connectivity index (χ4n) is 2.24. The quantitative estimate of drug-likeness (QED) is 0.568. The first-order valence-corrected chi connectivity index (χ1v) is 7.86. The zero-order valence-electron chi connectivity index (χ0n) is 12.4. The molecule has 0 amide bonds. The molecule has 0 aromatic heterocycles. The first-order chi connectivity index (χ1) is 9.20. The Morgan fingerprint density at radius 3 is 2.40 bits per heavy atom. The fourth-order valence-corrected chi connectivity index (χ4v) is 3.25. The van der Waals surface area contributed by atoms with Gasteiger partial charge in [0.05, 0.1) is 5.56 Å². The van der Waals surface area contributed by atoms with Gasteiger partial charge in [-0.05, 0) is 53.6 Å². The van der Waals surface area contributed by atoms with Crippen molar-refractivity contribution in [3.05, 3.63) is 32.4 Å². The van der Waals surface area contributed by atoms with Crippen molar-refractivity contribution < 1.29 is 14.7 Å². The first kappa shape index (κ1) is 17.1. The number of benzene rings is 1. The number of Topliss-reactive ketones (excluding diaryl/α,β-unsaturated/α-hetero) is 1. The van der Waals surface area contributed by atoms with Crippen LogP contribution in [0.3, 0.4) is 0 Å². The molecule has 0 aliphatic heterocycles. The maximum Gasteiger partial charge on any atom is 0.337 e. The number of rotatable bonds is 6. The maximum atomic E-state index is 12.7. The maximum absolute atomic E-state index is 12.7. The Labute approximate surface area is 133 Å². The molecule has 0 unspecified atom stereocenters. The van der Waals surface area contributed by atoms with Gasteiger partial charge in [-0.15, -0.1) is 0 Å². The highest BCUT2D eigenvalue weighted by molar-refractivity contribution is 14.1. The molecule has 20 heavy (non-hydrogen) atoms. The summed E-state index contributed by atoms with van der Waals surface area (Å²) in [6.45, 7) is 7.75. The lowest BCUT2D eigenvalue weighted by molar-refractivity contribution is 0.0684. The number of carbonyl (C=O) groups is 2. The summed E-state index contributed by atoms with van der Waals surface area (Å²) in [7, 11) is 0. The average molecular weight is 388 g/mol. The summed E-state index contributed by atoms with van der Waals surface area (Å²) in [5, 5.41) is 9.37. The zero-order chi connectivity index (χ0) is 15.5. The molecule has 0 saturated heterocycles. The van der Waals surface area contributed by atoms with E-state index in [1.807, 2.05) is 43.4 Å². The van der Waals surface area contributed by atoms with Gasteiger partial charge in [0.1, 0.15) is 0 Å². The Morgan fingerprint density at radius 1 is 1.30 bits per heavy atom. The Bertz CT molecular complexity index is 533. The molecular weight excluding hydrogens is 367 g/mol. The summed E-state index contributed by atoms with van der Waals surface area (Å²) >= 11 is 1.98. The van der Waals surface area contributed by atoms with Gasteiger partial charge in [-0.3, -0.25) is 4.79 Å².